The van der Waals surface area contributed by atoms with Crippen LogP contribution in [0.1, 0.15) is 27.0 Å². The predicted octanol–water partition coefficient (Wildman–Crippen LogP) is 4.40. The van der Waals surface area contributed by atoms with E-state index in [0.29, 0.717) is 35.1 Å². The predicted molar refractivity (Wildman–Crippen MR) is 105 cm³/mol. The molecule has 0 radical (unpaired) electrons. The molecule has 2 N–H and O–H groups in total. The van der Waals surface area contributed by atoms with Gasteiger partial charge in [0.25, 0.3) is 0 Å². The van der Waals surface area contributed by atoms with Gasteiger partial charge in [-0.15, -0.1) is 0 Å². The molecule has 1 aliphatic heterocycles. The number of halogens is 1. The minimum absolute atomic E-state index is 0.140. The fraction of sp³-hybridized carbons (Fsp3) is 0.136. The first-order chi connectivity index (χ1) is 13.1. The molecule has 0 aromatic heterocycles. The summed E-state index contributed by atoms with van der Waals surface area (Å²) in [5.41, 5.74) is 9.05. The summed E-state index contributed by atoms with van der Waals surface area (Å²) in [7, 11) is 0. The maximum absolute atomic E-state index is 12.9. The minimum Gasteiger partial charge on any atom is -0.398 e. The van der Waals surface area contributed by atoms with Gasteiger partial charge in [0, 0.05) is 33.0 Å². The lowest BCUT2D eigenvalue weighted by Gasteiger charge is -2.29. The van der Waals surface area contributed by atoms with E-state index in [-0.39, 0.29) is 5.78 Å². The molecule has 1 fully saturated rings. The second-order valence-corrected chi connectivity index (χ2v) is 6.75. The number of ketones is 1. The van der Waals surface area contributed by atoms with Crippen LogP contribution in [0.2, 0.25) is 5.02 Å². The van der Waals surface area contributed by atoms with Crippen molar-refractivity contribution in [3.63, 3.8) is 0 Å². The van der Waals surface area contributed by atoms with Crippen LogP contribution in [-0.2, 0) is 15.3 Å². The molecule has 0 amide bonds. The zero-order valence-corrected chi connectivity index (χ0v) is 15.3. The average Bonchev–Trinajstić information content (AvgIpc) is 3.20. The third kappa shape index (κ3) is 3.23. The number of ether oxygens (including phenoxy) is 2. The van der Waals surface area contributed by atoms with Gasteiger partial charge in [0.05, 0.1) is 13.2 Å². The van der Waals surface area contributed by atoms with E-state index in [2.05, 4.69) is 0 Å². The summed E-state index contributed by atoms with van der Waals surface area (Å²) in [5, 5.41) is 0.629. The molecule has 1 saturated heterocycles. The molecule has 0 bridgehead atoms. The largest absolute Gasteiger partial charge is 0.398 e. The fourth-order valence-corrected chi connectivity index (χ4v) is 3.41. The molecule has 5 heteroatoms. The maximum atomic E-state index is 12.9. The molecule has 3 aromatic rings. The van der Waals surface area contributed by atoms with Gasteiger partial charge in [-0.25, -0.2) is 0 Å². The maximum Gasteiger partial charge on any atom is 0.222 e. The van der Waals surface area contributed by atoms with Crippen molar-refractivity contribution in [2.24, 2.45) is 0 Å². The Morgan fingerprint density at radius 1 is 0.889 bits per heavy atom. The summed E-state index contributed by atoms with van der Waals surface area (Å²) in [5.74, 6) is -1.22. The molecule has 136 valence electrons. The Morgan fingerprint density at radius 2 is 1.52 bits per heavy atom. The van der Waals surface area contributed by atoms with Gasteiger partial charge in [0.15, 0.2) is 5.78 Å². The third-order valence-electron chi connectivity index (χ3n) is 4.63. The van der Waals surface area contributed by atoms with Crippen molar-refractivity contribution in [2.75, 3.05) is 18.9 Å². The van der Waals surface area contributed by atoms with E-state index < -0.39 is 5.79 Å². The normalized spacial score (nSPS) is 15.6. The Labute approximate surface area is 162 Å². The number of rotatable bonds is 4. The van der Waals surface area contributed by atoms with Gasteiger partial charge in [0.2, 0.25) is 5.79 Å². The molecular weight excluding hydrogens is 362 g/mol. The minimum atomic E-state index is -1.08. The lowest BCUT2D eigenvalue weighted by atomic mass is 9.92. The van der Waals surface area contributed by atoms with Gasteiger partial charge in [0.1, 0.15) is 0 Å². The van der Waals surface area contributed by atoms with Crippen molar-refractivity contribution in [2.45, 2.75) is 5.79 Å². The summed E-state index contributed by atoms with van der Waals surface area (Å²) in [6.45, 7) is 0.907. The van der Waals surface area contributed by atoms with Crippen molar-refractivity contribution in [1.29, 1.82) is 0 Å². The van der Waals surface area contributed by atoms with Crippen LogP contribution in [0.3, 0.4) is 0 Å². The lowest BCUT2D eigenvalue weighted by molar-refractivity contribution is -0.129. The highest BCUT2D eigenvalue weighted by atomic mass is 35.5. The lowest BCUT2D eigenvalue weighted by Crippen LogP contribution is -2.29. The number of hydrogen-bond donors (Lipinski definition) is 1. The van der Waals surface area contributed by atoms with Gasteiger partial charge in [-0.2, -0.15) is 0 Å². The number of nitrogen functional groups attached to an aromatic ring is 1. The number of benzene rings is 3. The molecule has 0 saturated carbocycles. The Bertz CT molecular complexity index is 965. The topological polar surface area (TPSA) is 61.6 Å². The molecular formula is C22H18ClNO3. The molecule has 0 unspecified atom stereocenters. The Balaban J connectivity index is 1.81. The summed E-state index contributed by atoms with van der Waals surface area (Å²) >= 11 is 6.02. The molecule has 0 atom stereocenters. The number of hydrogen-bond acceptors (Lipinski definition) is 4. The molecule has 27 heavy (non-hydrogen) atoms. The van der Waals surface area contributed by atoms with Crippen molar-refractivity contribution < 1.29 is 14.3 Å². The highest BCUT2D eigenvalue weighted by Gasteiger charge is 2.41. The van der Waals surface area contributed by atoms with Gasteiger partial charge in [-0.3, -0.25) is 4.79 Å². The number of carbonyl (C=O) groups is 1. The average molecular weight is 380 g/mol. The zero-order valence-electron chi connectivity index (χ0n) is 14.5. The molecule has 4 nitrogen and oxygen atoms in total. The highest BCUT2D eigenvalue weighted by molar-refractivity contribution is 6.30. The van der Waals surface area contributed by atoms with Crippen LogP contribution in [-0.4, -0.2) is 19.0 Å². The Morgan fingerprint density at radius 3 is 2.19 bits per heavy atom. The van der Waals surface area contributed by atoms with E-state index in [9.17, 15) is 4.79 Å². The second kappa shape index (κ2) is 7.16. The van der Waals surface area contributed by atoms with Crippen LogP contribution < -0.4 is 5.73 Å². The third-order valence-corrected chi connectivity index (χ3v) is 4.88. The van der Waals surface area contributed by atoms with Crippen molar-refractivity contribution in [3.05, 3.63) is 100 Å². The quantitative estimate of drug-likeness (QED) is 0.539. The molecule has 4 rings (SSSR count). The molecule has 0 spiro atoms. The van der Waals surface area contributed by atoms with Crippen LogP contribution in [0.4, 0.5) is 5.69 Å². The fourth-order valence-electron chi connectivity index (χ4n) is 3.28. The molecule has 0 aliphatic carbocycles. The molecule has 1 heterocycles. The van der Waals surface area contributed by atoms with E-state index in [0.717, 1.165) is 11.1 Å². The van der Waals surface area contributed by atoms with Crippen molar-refractivity contribution in [3.8, 4) is 0 Å². The Kier molecular flexibility index (Phi) is 4.70. The zero-order chi connectivity index (χ0) is 18.9. The van der Waals surface area contributed by atoms with Gasteiger partial charge in [-0.05, 0) is 24.3 Å². The Hall–Kier alpha value is -2.66. The smallest absolute Gasteiger partial charge is 0.222 e. The first-order valence-corrected chi connectivity index (χ1v) is 9.02. The summed E-state index contributed by atoms with van der Waals surface area (Å²) < 4.78 is 12.0. The summed E-state index contributed by atoms with van der Waals surface area (Å²) in [4.78, 5) is 12.9. The van der Waals surface area contributed by atoms with Crippen LogP contribution >= 0.6 is 11.6 Å². The number of carbonyl (C=O) groups excluding carboxylic acids is 1. The van der Waals surface area contributed by atoms with E-state index in [4.69, 9.17) is 26.8 Å². The highest BCUT2D eigenvalue weighted by Crippen LogP contribution is 2.40. The van der Waals surface area contributed by atoms with Crippen LogP contribution in [0.25, 0.3) is 0 Å². The summed E-state index contributed by atoms with van der Waals surface area (Å²) in [6, 6.07) is 21.7. The van der Waals surface area contributed by atoms with Crippen LogP contribution in [0, 0.1) is 0 Å². The van der Waals surface area contributed by atoms with E-state index in [1.165, 1.54) is 0 Å². The van der Waals surface area contributed by atoms with Gasteiger partial charge >= 0.3 is 0 Å². The molecule has 3 aromatic carbocycles. The van der Waals surface area contributed by atoms with Gasteiger partial charge < -0.3 is 15.2 Å². The van der Waals surface area contributed by atoms with E-state index in [1.54, 1.807) is 36.4 Å². The number of nitrogens with two attached hydrogens (primary N) is 1. The van der Waals surface area contributed by atoms with E-state index >= 15 is 0 Å². The first-order valence-electron chi connectivity index (χ1n) is 8.64. The van der Waals surface area contributed by atoms with E-state index in [1.807, 2.05) is 36.4 Å². The van der Waals surface area contributed by atoms with Crippen LogP contribution in [0.15, 0.2) is 72.8 Å². The monoisotopic (exact) mass is 379 g/mol. The number of anilines is 1. The first kappa shape index (κ1) is 17.7. The SMILES string of the molecule is Nc1ccc(C2(c3ccc(Cl)cc3)OCCO2)cc1C(=O)c1ccccc1. The summed E-state index contributed by atoms with van der Waals surface area (Å²) in [6.07, 6.45) is 0. The van der Waals surface area contributed by atoms with Crippen molar-refractivity contribution >= 4 is 23.1 Å². The molecule has 1 aliphatic rings. The van der Waals surface area contributed by atoms with Crippen LogP contribution in [0.5, 0.6) is 0 Å². The standard InChI is InChI=1S/C22H18ClNO3/c23-18-9-6-16(7-10-18)22(26-12-13-27-22)17-8-11-20(24)19(14-17)21(25)15-4-2-1-3-5-15/h1-11,14H,12-13,24H2. The second-order valence-electron chi connectivity index (χ2n) is 6.32. The van der Waals surface area contributed by atoms with Crippen molar-refractivity contribution in [1.82, 2.24) is 0 Å². The van der Waals surface area contributed by atoms with Gasteiger partial charge in [-0.1, -0.05) is 60.1 Å².